The number of aromatic nitrogens is 1. The van der Waals surface area contributed by atoms with Crippen molar-refractivity contribution in [2.24, 2.45) is 16.8 Å². The zero-order valence-corrected chi connectivity index (χ0v) is 13.3. The number of primary amides is 1. The summed E-state index contributed by atoms with van der Waals surface area (Å²) in [5.41, 5.74) is 7.73. The third-order valence-corrected chi connectivity index (χ3v) is 3.22. The van der Waals surface area contributed by atoms with E-state index >= 15 is 0 Å². The molecule has 0 aliphatic carbocycles. The first-order valence-electron chi connectivity index (χ1n) is 7.23. The number of hydrogen-bond donors (Lipinski definition) is 3. The van der Waals surface area contributed by atoms with Crippen LogP contribution in [0.3, 0.4) is 0 Å². The molecule has 1 unspecified atom stereocenters. The number of carbonyl (C=O) groups is 3. The van der Waals surface area contributed by atoms with E-state index in [1.54, 1.807) is 5.18 Å². The summed E-state index contributed by atoms with van der Waals surface area (Å²) in [6.45, 7) is 1.82. The van der Waals surface area contributed by atoms with Crippen molar-refractivity contribution in [1.82, 2.24) is 4.98 Å². The molecule has 2 rings (SSSR count). The van der Waals surface area contributed by atoms with E-state index in [9.17, 15) is 4.79 Å². The Labute approximate surface area is 139 Å². The first kappa shape index (κ1) is 21.0. The van der Waals surface area contributed by atoms with Gasteiger partial charge in [-0.25, -0.2) is 0 Å². The Morgan fingerprint density at radius 1 is 1.38 bits per heavy atom. The highest BCUT2D eigenvalue weighted by molar-refractivity contribution is 5.84. The Morgan fingerprint density at radius 3 is 2.46 bits per heavy atom. The summed E-state index contributed by atoms with van der Waals surface area (Å²) in [5, 5.41) is 9.88. The fraction of sp³-hybridized carbons (Fsp3) is 0.312. The van der Waals surface area contributed by atoms with Crippen LogP contribution in [0.15, 0.2) is 35.6 Å². The Kier molecular flexibility index (Phi) is 10.9. The van der Waals surface area contributed by atoms with Gasteiger partial charge in [-0.1, -0.05) is 31.5 Å². The average molecular weight is 335 g/mol. The maximum absolute atomic E-state index is 11.4. The van der Waals surface area contributed by atoms with Crippen LogP contribution in [0.4, 0.5) is 0 Å². The van der Waals surface area contributed by atoms with Crippen molar-refractivity contribution >= 4 is 29.7 Å². The van der Waals surface area contributed by atoms with Gasteiger partial charge < -0.3 is 15.8 Å². The molecule has 1 atom stereocenters. The van der Waals surface area contributed by atoms with Gasteiger partial charge in [0.1, 0.15) is 0 Å². The minimum absolute atomic E-state index is 0.0556. The van der Waals surface area contributed by atoms with Crippen LogP contribution >= 0.6 is 0 Å². The fourth-order valence-electron chi connectivity index (χ4n) is 2.26. The van der Waals surface area contributed by atoms with Crippen LogP contribution in [-0.2, 0) is 20.8 Å². The molecule has 2 amide bonds. The SMILES string of the molecule is CCCC(Cc1c[nH]c2ccccc12)C(N)=O.O=CN=O.O=CO. The quantitative estimate of drug-likeness (QED) is 0.548. The van der Waals surface area contributed by atoms with Gasteiger partial charge in [-0.15, -0.1) is 4.91 Å². The van der Waals surface area contributed by atoms with E-state index in [-0.39, 0.29) is 24.7 Å². The van der Waals surface area contributed by atoms with Crippen molar-refractivity contribution in [1.29, 1.82) is 0 Å². The molecule has 0 saturated heterocycles. The number of nitrogens with two attached hydrogens (primary N) is 1. The fourth-order valence-corrected chi connectivity index (χ4v) is 2.26. The van der Waals surface area contributed by atoms with Gasteiger partial charge in [0.15, 0.2) is 0 Å². The van der Waals surface area contributed by atoms with Crippen molar-refractivity contribution in [2.75, 3.05) is 0 Å². The normalized spacial score (nSPS) is 10.4. The Bertz CT molecular complexity index is 648. The van der Waals surface area contributed by atoms with Gasteiger partial charge in [0.2, 0.25) is 5.91 Å². The molecule has 130 valence electrons. The molecule has 8 heteroatoms. The monoisotopic (exact) mass is 335 g/mol. The highest BCUT2D eigenvalue weighted by atomic mass is 16.3. The molecule has 0 radical (unpaired) electrons. The number of amides is 2. The summed E-state index contributed by atoms with van der Waals surface area (Å²) in [6.07, 6.45) is 4.49. The topological polar surface area (TPSA) is 143 Å². The zero-order chi connectivity index (χ0) is 18.4. The highest BCUT2D eigenvalue weighted by Crippen LogP contribution is 2.22. The predicted molar refractivity (Wildman–Crippen MR) is 90.1 cm³/mol. The molecule has 1 aromatic carbocycles. The number of fused-ring (bicyclic) bond motifs is 1. The van der Waals surface area contributed by atoms with E-state index in [0.717, 1.165) is 24.8 Å². The molecule has 2 aromatic rings. The van der Waals surface area contributed by atoms with Crippen molar-refractivity contribution in [2.45, 2.75) is 26.2 Å². The standard InChI is InChI=1S/C14H18N2O.CHNO2.CH2O2/c1-2-5-10(14(15)17)8-11-9-16-13-7-4-3-6-12(11)13;3-1-2-4;2-1-3/h3-4,6-7,9-10,16H,2,5,8H2,1H3,(H2,15,17);1H;1H,(H,2,3). The molecule has 4 N–H and O–H groups in total. The van der Waals surface area contributed by atoms with Gasteiger partial charge in [-0.3, -0.25) is 14.4 Å². The van der Waals surface area contributed by atoms with Crippen LogP contribution in [0.2, 0.25) is 0 Å². The Hall–Kier alpha value is -3.03. The van der Waals surface area contributed by atoms with Gasteiger partial charge in [0.25, 0.3) is 12.9 Å². The van der Waals surface area contributed by atoms with Crippen molar-refractivity contribution in [3.8, 4) is 0 Å². The smallest absolute Gasteiger partial charge is 0.290 e. The summed E-state index contributed by atoms with van der Waals surface area (Å²) in [4.78, 5) is 40.2. The number of rotatable bonds is 6. The maximum Gasteiger partial charge on any atom is 0.290 e. The third kappa shape index (κ3) is 7.30. The van der Waals surface area contributed by atoms with Crippen LogP contribution in [0.25, 0.3) is 10.9 Å². The van der Waals surface area contributed by atoms with Gasteiger partial charge in [0.05, 0.1) is 0 Å². The Morgan fingerprint density at radius 2 is 1.96 bits per heavy atom. The molecule has 1 heterocycles. The van der Waals surface area contributed by atoms with E-state index in [4.69, 9.17) is 25.3 Å². The molecular weight excluding hydrogens is 314 g/mol. The lowest BCUT2D eigenvalue weighted by atomic mass is 9.94. The van der Waals surface area contributed by atoms with Crippen molar-refractivity contribution in [3.05, 3.63) is 40.9 Å². The second-order valence-corrected chi connectivity index (χ2v) is 4.77. The lowest BCUT2D eigenvalue weighted by molar-refractivity contribution is -0.123. The van der Waals surface area contributed by atoms with Gasteiger partial charge in [-0.05, 0) is 24.5 Å². The molecule has 24 heavy (non-hydrogen) atoms. The van der Waals surface area contributed by atoms with Crippen LogP contribution in [0, 0.1) is 10.8 Å². The van der Waals surface area contributed by atoms with Gasteiger partial charge in [-0.2, -0.15) is 0 Å². The molecule has 1 aromatic heterocycles. The summed E-state index contributed by atoms with van der Waals surface area (Å²) in [6, 6.07) is 8.13. The number of nitroso groups, excluding NO2 is 1. The van der Waals surface area contributed by atoms with Crippen LogP contribution in [0.1, 0.15) is 25.3 Å². The third-order valence-electron chi connectivity index (χ3n) is 3.22. The minimum atomic E-state index is -0.250. The highest BCUT2D eigenvalue weighted by Gasteiger charge is 2.16. The van der Waals surface area contributed by atoms with E-state index in [0.29, 0.717) is 0 Å². The number of hydrogen-bond acceptors (Lipinski definition) is 4. The first-order chi connectivity index (χ1) is 11.5. The summed E-state index contributed by atoms with van der Waals surface area (Å²) in [5.74, 6) is -0.253. The summed E-state index contributed by atoms with van der Waals surface area (Å²) in [7, 11) is 0. The number of carboxylic acid groups (broad SMARTS) is 1. The number of benzene rings is 1. The maximum atomic E-state index is 11.4. The lowest BCUT2D eigenvalue weighted by Crippen LogP contribution is -2.24. The zero-order valence-electron chi connectivity index (χ0n) is 13.3. The number of para-hydroxylation sites is 1. The van der Waals surface area contributed by atoms with Crippen LogP contribution in [-0.4, -0.2) is 28.9 Å². The predicted octanol–water partition coefficient (Wildman–Crippen LogP) is 2.22. The average Bonchev–Trinajstić information content (AvgIpc) is 2.98. The minimum Gasteiger partial charge on any atom is -0.483 e. The molecular formula is C16H21N3O5. The summed E-state index contributed by atoms with van der Waals surface area (Å²) >= 11 is 0. The summed E-state index contributed by atoms with van der Waals surface area (Å²) < 4.78 is 0. The second kappa shape index (κ2) is 12.5. The van der Waals surface area contributed by atoms with E-state index in [1.807, 2.05) is 24.4 Å². The Balaban J connectivity index is 0.000000648. The molecule has 0 spiro atoms. The number of nitrogens with zero attached hydrogens (tertiary/aromatic N) is 1. The molecule has 0 saturated carbocycles. The van der Waals surface area contributed by atoms with Crippen LogP contribution in [0.5, 0.6) is 0 Å². The molecule has 0 aliphatic rings. The van der Waals surface area contributed by atoms with Gasteiger partial charge >= 0.3 is 0 Å². The number of carbonyl (C=O) groups excluding carboxylic acids is 2. The van der Waals surface area contributed by atoms with Gasteiger partial charge in [0, 0.05) is 28.2 Å². The number of H-pyrrole nitrogens is 1. The van der Waals surface area contributed by atoms with E-state index < -0.39 is 0 Å². The molecule has 0 aliphatic heterocycles. The van der Waals surface area contributed by atoms with E-state index in [2.05, 4.69) is 18.0 Å². The lowest BCUT2D eigenvalue weighted by Gasteiger charge is -2.11. The largest absolute Gasteiger partial charge is 0.483 e. The number of aromatic amines is 1. The first-order valence-corrected chi connectivity index (χ1v) is 7.23. The van der Waals surface area contributed by atoms with E-state index in [1.165, 1.54) is 10.9 Å². The number of nitrogens with one attached hydrogen (secondary N) is 1. The molecule has 0 fully saturated rings. The molecule has 8 nitrogen and oxygen atoms in total. The van der Waals surface area contributed by atoms with Crippen molar-refractivity contribution < 1.29 is 19.5 Å². The molecule has 0 bridgehead atoms. The second-order valence-electron chi connectivity index (χ2n) is 4.77. The van der Waals surface area contributed by atoms with Crippen LogP contribution < -0.4 is 5.73 Å². The van der Waals surface area contributed by atoms with Crippen molar-refractivity contribution in [3.63, 3.8) is 0 Å².